The molecule has 2 aromatic rings. The van der Waals surface area contributed by atoms with Crippen molar-refractivity contribution >= 4 is 11.6 Å². The summed E-state index contributed by atoms with van der Waals surface area (Å²) in [6, 6.07) is 8.99. The number of anilines is 1. The fourth-order valence-electron chi connectivity index (χ4n) is 1.73. The number of benzene rings is 1. The first-order valence-corrected chi connectivity index (χ1v) is 6.28. The number of hydrogen-bond donors (Lipinski definition) is 1. The number of nitrogen functional groups attached to an aromatic ring is 1. The summed E-state index contributed by atoms with van der Waals surface area (Å²) in [5.74, 6) is -0.128. The second kappa shape index (κ2) is 6.21. The minimum Gasteiger partial charge on any atom is -0.399 e. The zero-order valence-corrected chi connectivity index (χ0v) is 11.6. The van der Waals surface area contributed by atoms with Gasteiger partial charge in [0, 0.05) is 32.6 Å². The first-order valence-electron chi connectivity index (χ1n) is 6.28. The predicted octanol–water partition coefficient (Wildman–Crippen LogP) is 1.17. The number of methoxy groups -OCH3 is 1. The molecule has 106 valence electrons. The number of likely N-dealkylation sites (N-methyl/N-ethyl adjacent to an activating group) is 1. The predicted molar refractivity (Wildman–Crippen MR) is 76.8 cm³/mol. The van der Waals surface area contributed by atoms with Crippen LogP contribution in [0.4, 0.5) is 5.69 Å². The zero-order valence-electron chi connectivity index (χ0n) is 11.6. The van der Waals surface area contributed by atoms with Gasteiger partial charge in [-0.1, -0.05) is 0 Å². The van der Waals surface area contributed by atoms with Gasteiger partial charge < -0.3 is 15.4 Å². The standard InChI is InChI=1S/C14H18N4O2/c1-17(9-10-20-2)14(19)13-7-8-18(16-13)12-5-3-11(15)4-6-12/h3-8H,9-10,15H2,1-2H3. The second-order valence-corrected chi connectivity index (χ2v) is 4.46. The Kier molecular flexibility index (Phi) is 4.37. The third-order valence-corrected chi connectivity index (χ3v) is 2.94. The fraction of sp³-hybridized carbons (Fsp3) is 0.286. The van der Waals surface area contributed by atoms with E-state index < -0.39 is 0 Å². The van der Waals surface area contributed by atoms with Gasteiger partial charge in [0.2, 0.25) is 0 Å². The summed E-state index contributed by atoms with van der Waals surface area (Å²) in [5.41, 5.74) is 7.60. The van der Waals surface area contributed by atoms with Gasteiger partial charge in [-0.2, -0.15) is 5.10 Å². The van der Waals surface area contributed by atoms with Crippen molar-refractivity contribution in [1.29, 1.82) is 0 Å². The van der Waals surface area contributed by atoms with E-state index in [-0.39, 0.29) is 5.91 Å². The minimum atomic E-state index is -0.128. The molecule has 20 heavy (non-hydrogen) atoms. The molecular weight excluding hydrogens is 256 g/mol. The molecule has 6 nitrogen and oxygen atoms in total. The van der Waals surface area contributed by atoms with Crippen molar-refractivity contribution in [1.82, 2.24) is 14.7 Å². The van der Waals surface area contributed by atoms with Crippen molar-refractivity contribution in [3.05, 3.63) is 42.2 Å². The maximum atomic E-state index is 12.1. The molecule has 1 heterocycles. The zero-order chi connectivity index (χ0) is 14.5. The van der Waals surface area contributed by atoms with Crippen molar-refractivity contribution in [3.8, 4) is 5.69 Å². The Labute approximate surface area is 117 Å². The van der Waals surface area contributed by atoms with E-state index >= 15 is 0 Å². The van der Waals surface area contributed by atoms with Crippen LogP contribution in [0.2, 0.25) is 0 Å². The molecule has 0 fully saturated rings. The number of amides is 1. The molecular formula is C14H18N4O2. The summed E-state index contributed by atoms with van der Waals surface area (Å²) in [6.07, 6.45) is 1.75. The first-order chi connectivity index (χ1) is 9.61. The lowest BCUT2D eigenvalue weighted by atomic mass is 10.3. The summed E-state index contributed by atoms with van der Waals surface area (Å²) < 4.78 is 6.60. The molecule has 1 aromatic carbocycles. The quantitative estimate of drug-likeness (QED) is 0.831. The summed E-state index contributed by atoms with van der Waals surface area (Å²) in [6.45, 7) is 1.03. The summed E-state index contributed by atoms with van der Waals surface area (Å²) in [4.78, 5) is 13.7. The number of rotatable bonds is 5. The maximum absolute atomic E-state index is 12.1. The lowest BCUT2D eigenvalue weighted by Crippen LogP contribution is -2.30. The largest absolute Gasteiger partial charge is 0.399 e. The van der Waals surface area contributed by atoms with Crippen molar-refractivity contribution in [3.63, 3.8) is 0 Å². The van der Waals surface area contributed by atoms with Crippen molar-refractivity contribution in [2.75, 3.05) is 33.0 Å². The minimum absolute atomic E-state index is 0.128. The van der Waals surface area contributed by atoms with Crippen LogP contribution in [0.1, 0.15) is 10.5 Å². The van der Waals surface area contributed by atoms with E-state index in [1.54, 1.807) is 48.1 Å². The highest BCUT2D eigenvalue weighted by Crippen LogP contribution is 2.11. The van der Waals surface area contributed by atoms with Gasteiger partial charge in [0.05, 0.1) is 12.3 Å². The Morgan fingerprint density at radius 2 is 2.05 bits per heavy atom. The highest BCUT2D eigenvalue weighted by Gasteiger charge is 2.14. The third kappa shape index (κ3) is 3.16. The highest BCUT2D eigenvalue weighted by molar-refractivity contribution is 5.92. The Hall–Kier alpha value is -2.34. The molecule has 0 aliphatic rings. The molecule has 0 aliphatic heterocycles. The van der Waals surface area contributed by atoms with Crippen LogP contribution in [0.3, 0.4) is 0 Å². The van der Waals surface area contributed by atoms with E-state index in [9.17, 15) is 4.79 Å². The smallest absolute Gasteiger partial charge is 0.274 e. The Morgan fingerprint density at radius 1 is 1.35 bits per heavy atom. The normalized spacial score (nSPS) is 10.5. The van der Waals surface area contributed by atoms with E-state index in [0.29, 0.717) is 24.5 Å². The SMILES string of the molecule is COCCN(C)C(=O)c1ccn(-c2ccc(N)cc2)n1. The van der Waals surface area contributed by atoms with Crippen LogP contribution < -0.4 is 5.73 Å². The topological polar surface area (TPSA) is 73.4 Å². The van der Waals surface area contributed by atoms with E-state index in [2.05, 4.69) is 5.10 Å². The Balaban J connectivity index is 2.12. The Morgan fingerprint density at radius 3 is 2.70 bits per heavy atom. The number of carbonyl (C=O) groups excluding carboxylic acids is 1. The first kappa shape index (κ1) is 14.1. The van der Waals surface area contributed by atoms with Gasteiger partial charge in [-0.15, -0.1) is 0 Å². The molecule has 0 radical (unpaired) electrons. The van der Waals surface area contributed by atoms with Crippen LogP contribution in [0, 0.1) is 0 Å². The van der Waals surface area contributed by atoms with Crippen LogP contribution in [0.15, 0.2) is 36.5 Å². The van der Waals surface area contributed by atoms with E-state index in [1.807, 2.05) is 12.1 Å². The van der Waals surface area contributed by atoms with E-state index in [0.717, 1.165) is 5.69 Å². The second-order valence-electron chi connectivity index (χ2n) is 4.46. The summed E-state index contributed by atoms with van der Waals surface area (Å²) in [7, 11) is 3.33. The average Bonchev–Trinajstić information content (AvgIpc) is 2.94. The highest BCUT2D eigenvalue weighted by atomic mass is 16.5. The lowest BCUT2D eigenvalue weighted by Gasteiger charge is -2.14. The van der Waals surface area contributed by atoms with E-state index in [1.165, 1.54) is 0 Å². The summed E-state index contributed by atoms with van der Waals surface area (Å²) >= 11 is 0. The molecule has 0 atom stereocenters. The summed E-state index contributed by atoms with van der Waals surface area (Å²) in [5, 5.41) is 4.28. The molecule has 0 aliphatic carbocycles. The molecule has 2 N–H and O–H groups in total. The van der Waals surface area contributed by atoms with Crippen LogP contribution in [-0.2, 0) is 4.74 Å². The monoisotopic (exact) mass is 274 g/mol. The van der Waals surface area contributed by atoms with Crippen LogP contribution in [0.25, 0.3) is 5.69 Å². The molecule has 1 amide bonds. The van der Waals surface area contributed by atoms with Gasteiger partial charge in [0.1, 0.15) is 0 Å². The third-order valence-electron chi connectivity index (χ3n) is 2.94. The molecule has 0 unspecified atom stereocenters. The van der Waals surface area contributed by atoms with Crippen LogP contribution in [0.5, 0.6) is 0 Å². The van der Waals surface area contributed by atoms with Gasteiger partial charge in [-0.25, -0.2) is 4.68 Å². The molecule has 2 rings (SSSR count). The molecule has 6 heteroatoms. The molecule has 0 saturated carbocycles. The van der Waals surface area contributed by atoms with Crippen molar-refractivity contribution < 1.29 is 9.53 Å². The molecule has 1 aromatic heterocycles. The number of hydrogen-bond acceptors (Lipinski definition) is 4. The number of carbonyl (C=O) groups is 1. The molecule has 0 bridgehead atoms. The number of aromatic nitrogens is 2. The van der Waals surface area contributed by atoms with Crippen molar-refractivity contribution in [2.45, 2.75) is 0 Å². The average molecular weight is 274 g/mol. The van der Waals surface area contributed by atoms with Gasteiger partial charge in [-0.3, -0.25) is 4.79 Å². The van der Waals surface area contributed by atoms with Gasteiger partial charge >= 0.3 is 0 Å². The van der Waals surface area contributed by atoms with Gasteiger partial charge in [-0.05, 0) is 30.3 Å². The van der Waals surface area contributed by atoms with E-state index in [4.69, 9.17) is 10.5 Å². The van der Waals surface area contributed by atoms with Gasteiger partial charge in [0.25, 0.3) is 5.91 Å². The fourth-order valence-corrected chi connectivity index (χ4v) is 1.73. The van der Waals surface area contributed by atoms with Crippen LogP contribution >= 0.6 is 0 Å². The number of nitrogens with two attached hydrogens (primary N) is 1. The Bertz CT molecular complexity index is 577. The number of ether oxygens (including phenoxy) is 1. The molecule has 0 spiro atoms. The van der Waals surface area contributed by atoms with Gasteiger partial charge in [0.15, 0.2) is 5.69 Å². The van der Waals surface area contributed by atoms with Crippen molar-refractivity contribution in [2.24, 2.45) is 0 Å². The molecule has 0 saturated heterocycles. The lowest BCUT2D eigenvalue weighted by molar-refractivity contribution is 0.0738. The number of nitrogens with zero attached hydrogens (tertiary/aromatic N) is 3. The van der Waals surface area contributed by atoms with Crippen LogP contribution in [-0.4, -0.2) is 47.9 Å². The maximum Gasteiger partial charge on any atom is 0.274 e.